The third kappa shape index (κ3) is 30.1. The van der Waals surface area contributed by atoms with Crippen molar-refractivity contribution in [3.8, 4) is 0 Å². The summed E-state index contributed by atoms with van der Waals surface area (Å²) in [6, 6.07) is 0. The topological polar surface area (TPSA) is 159 Å². The first-order valence-corrected chi connectivity index (χ1v) is 14.7. The monoisotopic (exact) mass is 652 g/mol. The lowest BCUT2D eigenvalue weighted by atomic mass is 10.1. The van der Waals surface area contributed by atoms with Crippen LogP contribution in [-0.2, 0) is 56.8 Å². The summed E-state index contributed by atoms with van der Waals surface area (Å²) in [7, 11) is 0. The first-order chi connectivity index (χ1) is 22.2. The molecule has 0 aromatic rings. The molecule has 0 aliphatic rings. The normalized spacial score (nSPS) is 13.0. The highest BCUT2D eigenvalue weighted by Crippen LogP contribution is 2.14. The summed E-state index contributed by atoms with van der Waals surface area (Å²) >= 11 is 0. The van der Waals surface area contributed by atoms with Crippen molar-refractivity contribution in [1.82, 2.24) is 21.3 Å². The van der Waals surface area contributed by atoms with Gasteiger partial charge in [-0.1, -0.05) is 26.3 Å². The Kier molecular flexibility index (Phi) is 34.3. The molecule has 16 heteroatoms. The van der Waals surface area contributed by atoms with E-state index in [0.29, 0.717) is 93.4 Å². The third-order valence-corrected chi connectivity index (χ3v) is 5.22. The maximum absolute atomic E-state index is 6.22. The predicted octanol–water partition coefficient (Wildman–Crippen LogP) is 0.904. The second kappa shape index (κ2) is 36.2. The number of rotatable bonds is 39. The van der Waals surface area contributed by atoms with Gasteiger partial charge in [-0.3, -0.25) is 21.3 Å². The average molecular weight is 653 g/mol. The van der Waals surface area contributed by atoms with Gasteiger partial charge in [0.2, 0.25) is 0 Å². The van der Waals surface area contributed by atoms with Gasteiger partial charge < -0.3 is 56.8 Å². The lowest BCUT2D eigenvalue weighted by Gasteiger charge is -2.32. The van der Waals surface area contributed by atoms with Gasteiger partial charge in [0.15, 0.2) is 0 Å². The number of ether oxygens (including phenoxy) is 12. The predicted molar refractivity (Wildman–Crippen MR) is 166 cm³/mol. The maximum Gasteiger partial charge on any atom is 0.140 e. The SMILES string of the molecule is C=COCNCOCCOCC(OCCOCNCOC=C)C(OCCOCNCOC=C)C(C)OCCOCNCOC=C. The molecular weight excluding hydrogens is 596 g/mol. The quantitative estimate of drug-likeness (QED) is 0.0421. The molecule has 0 rings (SSSR count). The van der Waals surface area contributed by atoms with Crippen molar-refractivity contribution in [2.24, 2.45) is 0 Å². The van der Waals surface area contributed by atoms with E-state index in [0.717, 1.165) is 0 Å². The van der Waals surface area contributed by atoms with Gasteiger partial charge in [-0.05, 0) is 6.92 Å². The maximum atomic E-state index is 6.22. The van der Waals surface area contributed by atoms with E-state index in [1.807, 2.05) is 6.92 Å². The van der Waals surface area contributed by atoms with Crippen LogP contribution in [0.4, 0.5) is 0 Å². The highest BCUT2D eigenvalue weighted by molar-refractivity contribution is 4.78. The van der Waals surface area contributed by atoms with Crippen molar-refractivity contribution < 1.29 is 56.8 Å². The van der Waals surface area contributed by atoms with Crippen LogP contribution in [0, 0.1) is 0 Å². The Morgan fingerprint density at radius 2 is 0.800 bits per heavy atom. The van der Waals surface area contributed by atoms with E-state index in [-0.39, 0.29) is 26.0 Å². The van der Waals surface area contributed by atoms with Crippen molar-refractivity contribution >= 4 is 0 Å². The molecule has 0 saturated heterocycles. The molecule has 0 bridgehead atoms. The minimum Gasteiger partial charge on any atom is -0.487 e. The van der Waals surface area contributed by atoms with E-state index >= 15 is 0 Å². The van der Waals surface area contributed by atoms with E-state index < -0.39 is 12.2 Å². The molecule has 0 heterocycles. The Morgan fingerprint density at radius 1 is 0.444 bits per heavy atom. The fourth-order valence-corrected chi connectivity index (χ4v) is 3.20. The smallest absolute Gasteiger partial charge is 0.140 e. The molecular formula is C29H56N4O12. The lowest BCUT2D eigenvalue weighted by Crippen LogP contribution is -2.45. The molecule has 4 N–H and O–H groups in total. The van der Waals surface area contributed by atoms with Crippen LogP contribution in [-0.4, -0.2) is 132 Å². The molecule has 16 nitrogen and oxygen atoms in total. The van der Waals surface area contributed by atoms with Crippen LogP contribution < -0.4 is 21.3 Å². The molecule has 0 spiro atoms. The highest BCUT2D eigenvalue weighted by atomic mass is 16.6. The summed E-state index contributed by atoms with van der Waals surface area (Å²) < 4.78 is 66.5. The van der Waals surface area contributed by atoms with Crippen molar-refractivity contribution in [1.29, 1.82) is 0 Å². The zero-order chi connectivity index (χ0) is 32.9. The molecule has 3 atom stereocenters. The summed E-state index contributed by atoms with van der Waals surface area (Å²) in [5.74, 6) is 0. The standard InChI is InChI=1S/C29H56N4O12/c1-6-34-19-30-23-39-11-10-38-18-28(44-16-13-41-25-32-21-36-8-3)29(45-17-14-42-26-33-22-37-9-4)27(5)43-15-12-40-24-31-20-35-7-2/h6-9,27-33H,1-4,10-26H2,5H3. The Morgan fingerprint density at radius 3 is 1.22 bits per heavy atom. The third-order valence-electron chi connectivity index (χ3n) is 5.22. The molecule has 0 aliphatic heterocycles. The fraction of sp³-hybridized carbons (Fsp3) is 0.724. The van der Waals surface area contributed by atoms with Gasteiger partial charge in [-0.15, -0.1) is 0 Å². The molecule has 0 aromatic carbocycles. The van der Waals surface area contributed by atoms with Gasteiger partial charge in [-0.25, -0.2) is 0 Å². The summed E-state index contributed by atoms with van der Waals surface area (Å²) in [5.41, 5.74) is 0. The van der Waals surface area contributed by atoms with Gasteiger partial charge in [-0.2, -0.15) is 0 Å². The summed E-state index contributed by atoms with van der Waals surface area (Å²) in [5, 5.41) is 11.8. The minimum atomic E-state index is -0.498. The van der Waals surface area contributed by atoms with E-state index in [1.54, 1.807) is 0 Å². The Bertz CT molecular complexity index is 669. The summed E-state index contributed by atoms with van der Waals surface area (Å²) in [6.45, 7) is 21.1. The van der Waals surface area contributed by atoms with Crippen LogP contribution in [0.2, 0.25) is 0 Å². The fourth-order valence-electron chi connectivity index (χ4n) is 3.20. The Balaban J connectivity index is 4.97. The van der Waals surface area contributed by atoms with Gasteiger partial charge >= 0.3 is 0 Å². The lowest BCUT2D eigenvalue weighted by molar-refractivity contribution is -0.165. The minimum absolute atomic E-state index is 0.227. The van der Waals surface area contributed by atoms with Gasteiger partial charge in [0.1, 0.15) is 39.1 Å². The van der Waals surface area contributed by atoms with Gasteiger partial charge in [0, 0.05) is 0 Å². The zero-order valence-corrected chi connectivity index (χ0v) is 26.8. The molecule has 0 amide bonds. The summed E-state index contributed by atoms with van der Waals surface area (Å²) in [6.07, 6.45) is 4.05. The zero-order valence-electron chi connectivity index (χ0n) is 26.8. The second-order valence-corrected chi connectivity index (χ2v) is 8.52. The molecule has 0 saturated carbocycles. The number of nitrogens with one attached hydrogen (secondary N) is 4. The van der Waals surface area contributed by atoms with Crippen molar-refractivity contribution in [2.45, 2.75) is 25.2 Å². The van der Waals surface area contributed by atoms with E-state index in [2.05, 4.69) is 47.6 Å². The molecule has 0 aromatic heterocycles. The number of hydrogen-bond acceptors (Lipinski definition) is 16. The molecule has 3 unspecified atom stereocenters. The van der Waals surface area contributed by atoms with Crippen LogP contribution in [0.5, 0.6) is 0 Å². The van der Waals surface area contributed by atoms with Crippen LogP contribution in [0.25, 0.3) is 0 Å². The number of hydrogen-bond donors (Lipinski definition) is 4. The van der Waals surface area contributed by atoms with E-state index in [1.165, 1.54) is 25.0 Å². The molecule has 0 radical (unpaired) electrons. The molecule has 264 valence electrons. The van der Waals surface area contributed by atoms with Crippen LogP contribution in [0.1, 0.15) is 6.92 Å². The van der Waals surface area contributed by atoms with E-state index in [9.17, 15) is 0 Å². The van der Waals surface area contributed by atoms with Crippen LogP contribution in [0.3, 0.4) is 0 Å². The summed E-state index contributed by atoms with van der Waals surface area (Å²) in [4.78, 5) is 0. The second-order valence-electron chi connectivity index (χ2n) is 8.52. The first kappa shape index (κ1) is 42.7. The van der Waals surface area contributed by atoms with Crippen molar-refractivity contribution in [3.05, 3.63) is 51.4 Å². The molecule has 0 aliphatic carbocycles. The van der Waals surface area contributed by atoms with Crippen molar-refractivity contribution in [3.63, 3.8) is 0 Å². The van der Waals surface area contributed by atoms with Crippen LogP contribution in [0.15, 0.2) is 51.4 Å². The van der Waals surface area contributed by atoms with E-state index in [4.69, 9.17) is 56.8 Å². The molecule has 45 heavy (non-hydrogen) atoms. The average Bonchev–Trinajstić information content (AvgIpc) is 3.05. The van der Waals surface area contributed by atoms with Gasteiger partial charge in [0.05, 0.1) is 118 Å². The Labute approximate surface area is 268 Å². The molecule has 0 fully saturated rings. The van der Waals surface area contributed by atoms with Gasteiger partial charge in [0.25, 0.3) is 0 Å². The largest absolute Gasteiger partial charge is 0.487 e. The Hall–Kier alpha value is -2.32. The first-order valence-electron chi connectivity index (χ1n) is 14.7. The van der Waals surface area contributed by atoms with Crippen molar-refractivity contribution in [2.75, 3.05) is 113 Å². The highest BCUT2D eigenvalue weighted by Gasteiger charge is 2.30. The van der Waals surface area contributed by atoms with Crippen LogP contribution >= 0.6 is 0 Å².